The highest BCUT2D eigenvalue weighted by Gasteiger charge is 2.21. The van der Waals surface area contributed by atoms with Crippen LogP contribution in [0, 0.1) is 0 Å². The number of carbonyl (C=O) groups excluding carboxylic acids is 2. The fourth-order valence-corrected chi connectivity index (χ4v) is 3.92. The van der Waals surface area contributed by atoms with Crippen molar-refractivity contribution >= 4 is 33.4 Å². The second-order valence-electron chi connectivity index (χ2n) is 7.84. The Labute approximate surface area is 176 Å². The van der Waals surface area contributed by atoms with Gasteiger partial charge in [-0.15, -0.1) is 0 Å². The van der Waals surface area contributed by atoms with Crippen LogP contribution >= 0.6 is 0 Å². The van der Waals surface area contributed by atoms with E-state index in [1.54, 1.807) is 36.4 Å². The highest BCUT2D eigenvalue weighted by atomic mass is 32.2. The molecule has 2 aromatic rings. The van der Waals surface area contributed by atoms with Crippen molar-refractivity contribution in [3.63, 3.8) is 0 Å². The molecule has 162 valence electrons. The van der Waals surface area contributed by atoms with Gasteiger partial charge in [0.05, 0.1) is 44.3 Å². The van der Waals surface area contributed by atoms with Crippen molar-refractivity contribution in [2.24, 2.45) is 0 Å². The quantitative estimate of drug-likeness (QED) is 0.504. The van der Waals surface area contributed by atoms with Crippen LogP contribution in [-0.4, -0.2) is 58.6 Å². The third-order valence-electron chi connectivity index (χ3n) is 3.94. The van der Waals surface area contributed by atoms with Crippen LogP contribution in [0.4, 0.5) is 16.2 Å². The van der Waals surface area contributed by atoms with Gasteiger partial charge in [-0.05, 0) is 30.3 Å². The number of carbonyl (C=O) groups is 2. The van der Waals surface area contributed by atoms with Gasteiger partial charge in [-0.25, -0.2) is 13.2 Å². The Kier molecular flexibility index (Phi) is 7.41. The number of aliphatic carboxylic acids is 1. The minimum Gasteiger partial charge on any atom is -0.550 e. The summed E-state index contributed by atoms with van der Waals surface area (Å²) in [4.78, 5) is 23.4. The Morgan fingerprint density at radius 1 is 1.00 bits per heavy atom. The standard InChI is InChI=1S/C20H26N4O5S/c1-24(2,3)14-17(13-19(25)26)22-20(27)21-15-8-7-9-16(12-15)23-30(28,29)18-10-5-4-6-11-18/h4-12,17,23H,13-14H2,1-3H3,(H2-,21,22,25,26,27)/t17-/m1/s1. The van der Waals surface area contributed by atoms with E-state index in [1.165, 1.54) is 18.2 Å². The van der Waals surface area contributed by atoms with Gasteiger partial charge in [-0.1, -0.05) is 24.3 Å². The summed E-state index contributed by atoms with van der Waals surface area (Å²) < 4.78 is 27.8. The van der Waals surface area contributed by atoms with Gasteiger partial charge >= 0.3 is 6.03 Å². The van der Waals surface area contributed by atoms with Crippen LogP contribution in [0.15, 0.2) is 59.5 Å². The maximum absolute atomic E-state index is 12.4. The van der Waals surface area contributed by atoms with Crippen molar-refractivity contribution in [1.82, 2.24) is 5.32 Å². The number of quaternary nitrogens is 1. The number of hydrogen-bond acceptors (Lipinski definition) is 5. The Hall–Kier alpha value is -3.11. The van der Waals surface area contributed by atoms with Crippen molar-refractivity contribution in [1.29, 1.82) is 0 Å². The summed E-state index contributed by atoms with van der Waals surface area (Å²) in [6, 6.07) is 12.9. The van der Waals surface area contributed by atoms with E-state index in [1.807, 2.05) is 21.1 Å². The minimum atomic E-state index is -3.76. The van der Waals surface area contributed by atoms with E-state index in [2.05, 4.69) is 15.4 Å². The van der Waals surface area contributed by atoms with Crippen LogP contribution in [0.3, 0.4) is 0 Å². The molecule has 0 bridgehead atoms. The van der Waals surface area contributed by atoms with Crippen molar-refractivity contribution in [2.45, 2.75) is 17.4 Å². The second kappa shape index (κ2) is 9.59. The monoisotopic (exact) mass is 434 g/mol. The molecule has 10 heteroatoms. The molecule has 0 saturated heterocycles. The Bertz CT molecular complexity index is 988. The number of anilines is 2. The normalized spacial score (nSPS) is 12.6. The highest BCUT2D eigenvalue weighted by molar-refractivity contribution is 7.92. The number of hydrogen-bond donors (Lipinski definition) is 3. The summed E-state index contributed by atoms with van der Waals surface area (Å²) in [6.45, 7) is 0.387. The Balaban J connectivity index is 2.06. The average Bonchev–Trinajstić information content (AvgIpc) is 2.60. The topological polar surface area (TPSA) is 127 Å². The summed E-state index contributed by atoms with van der Waals surface area (Å²) in [5, 5.41) is 16.2. The van der Waals surface area contributed by atoms with Gasteiger partial charge in [-0.3, -0.25) is 4.72 Å². The number of benzene rings is 2. The maximum Gasteiger partial charge on any atom is 0.319 e. The molecular weight excluding hydrogens is 408 g/mol. The number of carboxylic acid groups (broad SMARTS) is 1. The molecule has 1 atom stereocenters. The van der Waals surface area contributed by atoms with Gasteiger partial charge in [0.1, 0.15) is 0 Å². The van der Waals surface area contributed by atoms with Crippen LogP contribution in [0.2, 0.25) is 0 Å². The lowest BCUT2D eigenvalue weighted by atomic mass is 10.2. The summed E-state index contributed by atoms with van der Waals surface area (Å²) in [5.74, 6) is -1.26. The number of rotatable bonds is 9. The van der Waals surface area contributed by atoms with Gasteiger partial charge < -0.3 is 25.0 Å². The molecule has 0 aliphatic carbocycles. The van der Waals surface area contributed by atoms with E-state index in [0.29, 0.717) is 16.7 Å². The summed E-state index contributed by atoms with van der Waals surface area (Å²) >= 11 is 0. The lowest BCUT2D eigenvalue weighted by Gasteiger charge is -2.30. The van der Waals surface area contributed by atoms with Gasteiger partial charge in [0.15, 0.2) is 0 Å². The van der Waals surface area contributed by atoms with Crippen molar-refractivity contribution < 1.29 is 27.6 Å². The van der Waals surface area contributed by atoms with Gasteiger partial charge in [0.2, 0.25) is 0 Å². The molecule has 0 spiro atoms. The molecule has 0 fully saturated rings. The summed E-state index contributed by atoms with van der Waals surface area (Å²) in [7, 11) is 1.87. The number of likely N-dealkylation sites (N-methyl/N-ethyl adjacent to an activating group) is 1. The number of amides is 2. The second-order valence-corrected chi connectivity index (χ2v) is 9.53. The maximum atomic E-state index is 12.4. The Morgan fingerprint density at radius 3 is 2.23 bits per heavy atom. The molecule has 2 amide bonds. The largest absolute Gasteiger partial charge is 0.550 e. The van der Waals surface area contributed by atoms with Crippen LogP contribution in [0.1, 0.15) is 6.42 Å². The lowest BCUT2D eigenvalue weighted by molar-refractivity contribution is -0.871. The van der Waals surface area contributed by atoms with Crippen molar-refractivity contribution in [3.05, 3.63) is 54.6 Å². The number of sulfonamides is 1. The van der Waals surface area contributed by atoms with Gasteiger partial charge in [0, 0.05) is 18.1 Å². The van der Waals surface area contributed by atoms with Crippen LogP contribution in [0.5, 0.6) is 0 Å². The third-order valence-corrected chi connectivity index (χ3v) is 5.34. The molecule has 30 heavy (non-hydrogen) atoms. The first-order valence-electron chi connectivity index (χ1n) is 9.20. The molecule has 2 rings (SSSR count). The molecule has 9 nitrogen and oxygen atoms in total. The zero-order chi connectivity index (χ0) is 22.4. The fraction of sp³-hybridized carbons (Fsp3) is 0.300. The van der Waals surface area contributed by atoms with Crippen LogP contribution in [0.25, 0.3) is 0 Å². The smallest absolute Gasteiger partial charge is 0.319 e. The van der Waals surface area contributed by atoms with E-state index in [4.69, 9.17) is 0 Å². The molecule has 0 saturated carbocycles. The van der Waals surface area contributed by atoms with E-state index < -0.39 is 28.1 Å². The van der Waals surface area contributed by atoms with E-state index in [9.17, 15) is 23.1 Å². The molecular formula is C20H26N4O5S. The third kappa shape index (κ3) is 7.72. The van der Waals surface area contributed by atoms with Crippen molar-refractivity contribution in [3.8, 4) is 0 Å². The predicted molar refractivity (Wildman–Crippen MR) is 112 cm³/mol. The van der Waals surface area contributed by atoms with Crippen LogP contribution in [-0.2, 0) is 14.8 Å². The molecule has 2 aromatic carbocycles. The van der Waals surface area contributed by atoms with Crippen molar-refractivity contribution in [2.75, 3.05) is 37.7 Å². The molecule has 0 radical (unpaired) electrons. The number of carboxylic acids is 1. The van der Waals surface area contributed by atoms with E-state index in [0.717, 1.165) is 0 Å². The van der Waals surface area contributed by atoms with E-state index >= 15 is 0 Å². The number of nitrogens with one attached hydrogen (secondary N) is 3. The van der Waals surface area contributed by atoms with Gasteiger partial charge in [-0.2, -0.15) is 0 Å². The number of urea groups is 1. The highest BCUT2D eigenvalue weighted by Crippen LogP contribution is 2.19. The molecule has 0 heterocycles. The molecule has 3 N–H and O–H groups in total. The average molecular weight is 435 g/mol. The molecule has 0 aromatic heterocycles. The predicted octanol–water partition coefficient (Wildman–Crippen LogP) is 0.824. The fourth-order valence-electron chi connectivity index (χ4n) is 2.85. The zero-order valence-corrected chi connectivity index (χ0v) is 17.9. The summed E-state index contributed by atoms with van der Waals surface area (Å²) in [6.07, 6.45) is -0.320. The first-order chi connectivity index (χ1) is 13.9. The Morgan fingerprint density at radius 2 is 1.63 bits per heavy atom. The first kappa shape index (κ1) is 23.2. The lowest BCUT2D eigenvalue weighted by Crippen LogP contribution is -2.51. The summed E-state index contributed by atoms with van der Waals surface area (Å²) in [5.41, 5.74) is 0.618. The zero-order valence-electron chi connectivity index (χ0n) is 17.1. The van der Waals surface area contributed by atoms with Gasteiger partial charge in [0.25, 0.3) is 10.0 Å². The molecule has 0 aliphatic heterocycles. The van der Waals surface area contributed by atoms with Crippen LogP contribution < -0.4 is 20.5 Å². The SMILES string of the molecule is C[N+](C)(C)C[C@@H](CC(=O)[O-])NC(=O)Nc1cccc(NS(=O)(=O)c2ccccc2)c1. The minimum absolute atomic E-state index is 0.117. The first-order valence-corrected chi connectivity index (χ1v) is 10.7. The molecule has 0 aliphatic rings. The van der Waals surface area contributed by atoms with E-state index in [-0.39, 0.29) is 17.0 Å². The number of nitrogens with zero attached hydrogens (tertiary/aromatic N) is 1. The molecule has 0 unspecified atom stereocenters.